The third-order valence-corrected chi connectivity index (χ3v) is 3.94. The summed E-state index contributed by atoms with van der Waals surface area (Å²) >= 11 is 0. The van der Waals surface area contributed by atoms with Crippen LogP contribution < -0.4 is 10.6 Å². The molecule has 0 aliphatic rings. The predicted octanol–water partition coefficient (Wildman–Crippen LogP) is 4.27. The van der Waals surface area contributed by atoms with Crippen molar-refractivity contribution in [3.8, 4) is 0 Å². The van der Waals surface area contributed by atoms with Gasteiger partial charge in [-0.05, 0) is 35.7 Å². The number of ether oxygens (including phenoxy) is 1. The van der Waals surface area contributed by atoms with Crippen LogP contribution in [0.4, 0.5) is 23.1 Å². The maximum Gasteiger partial charge on any atom is 0.337 e. The summed E-state index contributed by atoms with van der Waals surface area (Å²) in [5.74, 6) is 0.870. The molecule has 0 bridgehead atoms. The average molecular weight is 363 g/mol. The lowest BCUT2D eigenvalue weighted by Gasteiger charge is -2.14. The van der Waals surface area contributed by atoms with Crippen LogP contribution in [-0.2, 0) is 4.74 Å². The van der Waals surface area contributed by atoms with E-state index in [0.717, 1.165) is 5.69 Å². The fourth-order valence-corrected chi connectivity index (χ4v) is 2.64. The Morgan fingerprint density at radius 1 is 1.07 bits per heavy atom. The van der Waals surface area contributed by atoms with E-state index >= 15 is 0 Å². The number of esters is 1. The first kappa shape index (κ1) is 18.3. The van der Waals surface area contributed by atoms with Crippen molar-refractivity contribution >= 4 is 29.1 Å². The van der Waals surface area contributed by atoms with Gasteiger partial charge < -0.3 is 15.4 Å². The van der Waals surface area contributed by atoms with Gasteiger partial charge in [-0.2, -0.15) is 10.1 Å². The SMILES string of the molecule is COC(=O)c1cccc(Nc2nncc(Nc3ccccc3C(C)C)n2)c1. The highest BCUT2D eigenvalue weighted by Gasteiger charge is 2.09. The van der Waals surface area contributed by atoms with Gasteiger partial charge in [0.15, 0.2) is 5.82 Å². The molecule has 3 rings (SSSR count). The third kappa shape index (κ3) is 4.58. The number of carbonyl (C=O) groups is 1. The van der Waals surface area contributed by atoms with Crippen LogP contribution in [0.25, 0.3) is 0 Å². The Kier molecular flexibility index (Phi) is 5.61. The van der Waals surface area contributed by atoms with E-state index in [1.165, 1.54) is 12.7 Å². The van der Waals surface area contributed by atoms with E-state index in [-0.39, 0.29) is 0 Å². The summed E-state index contributed by atoms with van der Waals surface area (Å²) in [4.78, 5) is 16.1. The molecule has 27 heavy (non-hydrogen) atoms. The second kappa shape index (κ2) is 8.27. The molecule has 7 heteroatoms. The molecule has 0 aliphatic heterocycles. The molecule has 0 saturated carbocycles. The minimum absolute atomic E-state index is 0.323. The van der Waals surface area contributed by atoms with E-state index in [0.29, 0.717) is 28.9 Å². The van der Waals surface area contributed by atoms with E-state index < -0.39 is 5.97 Å². The van der Waals surface area contributed by atoms with Gasteiger partial charge in [-0.25, -0.2) is 4.79 Å². The molecule has 0 aliphatic carbocycles. The maximum absolute atomic E-state index is 11.7. The second-order valence-corrected chi connectivity index (χ2v) is 6.23. The first-order chi connectivity index (χ1) is 13.1. The van der Waals surface area contributed by atoms with E-state index in [1.807, 2.05) is 24.3 Å². The number of benzene rings is 2. The molecule has 7 nitrogen and oxygen atoms in total. The number of hydrogen-bond donors (Lipinski definition) is 2. The minimum atomic E-state index is -0.404. The minimum Gasteiger partial charge on any atom is -0.465 e. The molecule has 1 aromatic heterocycles. The lowest BCUT2D eigenvalue weighted by atomic mass is 10.0. The molecule has 0 spiro atoms. The van der Waals surface area contributed by atoms with Crippen LogP contribution in [-0.4, -0.2) is 28.3 Å². The van der Waals surface area contributed by atoms with Gasteiger partial charge in [0.25, 0.3) is 0 Å². The molecule has 138 valence electrons. The lowest BCUT2D eigenvalue weighted by Crippen LogP contribution is -2.05. The van der Waals surface area contributed by atoms with Gasteiger partial charge in [-0.1, -0.05) is 38.1 Å². The Morgan fingerprint density at radius 2 is 1.89 bits per heavy atom. The number of nitrogens with zero attached hydrogens (tertiary/aromatic N) is 3. The largest absolute Gasteiger partial charge is 0.465 e. The first-order valence-electron chi connectivity index (χ1n) is 8.58. The zero-order valence-corrected chi connectivity index (χ0v) is 15.4. The van der Waals surface area contributed by atoms with Gasteiger partial charge in [0, 0.05) is 11.4 Å². The van der Waals surface area contributed by atoms with Crippen molar-refractivity contribution in [1.29, 1.82) is 0 Å². The number of aromatic nitrogens is 3. The topological polar surface area (TPSA) is 89.0 Å². The quantitative estimate of drug-likeness (QED) is 0.632. The maximum atomic E-state index is 11.7. The second-order valence-electron chi connectivity index (χ2n) is 6.23. The molecule has 0 unspecified atom stereocenters. The Labute approximate surface area is 157 Å². The summed E-state index contributed by atoms with van der Waals surface area (Å²) in [6.07, 6.45) is 1.56. The van der Waals surface area contributed by atoms with Crippen molar-refractivity contribution in [2.75, 3.05) is 17.7 Å². The number of rotatable bonds is 6. The summed E-state index contributed by atoms with van der Waals surface area (Å²) in [5.41, 5.74) is 3.28. The normalized spacial score (nSPS) is 10.5. The smallest absolute Gasteiger partial charge is 0.337 e. The number of anilines is 4. The molecule has 2 N–H and O–H groups in total. The molecule has 0 saturated heterocycles. The molecule has 0 radical (unpaired) electrons. The van der Waals surface area contributed by atoms with E-state index in [4.69, 9.17) is 4.74 Å². The Morgan fingerprint density at radius 3 is 2.67 bits per heavy atom. The van der Waals surface area contributed by atoms with Gasteiger partial charge >= 0.3 is 5.97 Å². The molecular weight excluding hydrogens is 342 g/mol. The van der Waals surface area contributed by atoms with Gasteiger partial charge in [-0.3, -0.25) is 0 Å². The standard InChI is InChI=1S/C20H21N5O2/c1-13(2)16-9-4-5-10-17(16)23-18-12-21-25-20(24-18)22-15-8-6-7-14(11-15)19(26)27-3/h4-13H,1-3H3,(H2,22,23,24,25). The third-order valence-electron chi connectivity index (χ3n) is 3.94. The zero-order chi connectivity index (χ0) is 19.2. The summed E-state index contributed by atoms with van der Waals surface area (Å²) in [5, 5.41) is 14.3. The highest BCUT2D eigenvalue weighted by atomic mass is 16.5. The van der Waals surface area contributed by atoms with E-state index in [1.54, 1.807) is 24.4 Å². The van der Waals surface area contributed by atoms with Crippen molar-refractivity contribution < 1.29 is 9.53 Å². The lowest BCUT2D eigenvalue weighted by molar-refractivity contribution is 0.0601. The first-order valence-corrected chi connectivity index (χ1v) is 8.58. The number of nitrogens with one attached hydrogen (secondary N) is 2. The monoisotopic (exact) mass is 363 g/mol. The van der Waals surface area contributed by atoms with Crippen LogP contribution in [0.2, 0.25) is 0 Å². The fraction of sp³-hybridized carbons (Fsp3) is 0.200. The van der Waals surface area contributed by atoms with Gasteiger partial charge in [-0.15, -0.1) is 5.10 Å². The van der Waals surface area contributed by atoms with Gasteiger partial charge in [0.1, 0.15) is 0 Å². The number of methoxy groups -OCH3 is 1. The summed E-state index contributed by atoms with van der Waals surface area (Å²) < 4.78 is 4.74. The molecular formula is C20H21N5O2. The van der Waals surface area contributed by atoms with E-state index in [2.05, 4.69) is 45.7 Å². The summed E-state index contributed by atoms with van der Waals surface area (Å²) in [6.45, 7) is 4.28. The highest BCUT2D eigenvalue weighted by molar-refractivity contribution is 5.90. The highest BCUT2D eigenvalue weighted by Crippen LogP contribution is 2.26. The van der Waals surface area contributed by atoms with Crippen LogP contribution in [0.5, 0.6) is 0 Å². The average Bonchev–Trinajstić information content (AvgIpc) is 2.68. The molecule has 0 fully saturated rings. The Bertz CT molecular complexity index is 943. The summed E-state index contributed by atoms with van der Waals surface area (Å²) in [6, 6.07) is 15.0. The number of hydrogen-bond acceptors (Lipinski definition) is 7. The van der Waals surface area contributed by atoms with Crippen molar-refractivity contribution in [3.63, 3.8) is 0 Å². The Balaban J connectivity index is 1.80. The molecule has 3 aromatic rings. The molecule has 0 atom stereocenters. The van der Waals surface area contributed by atoms with Crippen molar-refractivity contribution in [3.05, 3.63) is 65.9 Å². The fourth-order valence-electron chi connectivity index (χ4n) is 2.64. The van der Waals surface area contributed by atoms with Crippen molar-refractivity contribution in [1.82, 2.24) is 15.2 Å². The van der Waals surface area contributed by atoms with Crippen LogP contribution >= 0.6 is 0 Å². The zero-order valence-electron chi connectivity index (χ0n) is 15.4. The van der Waals surface area contributed by atoms with E-state index in [9.17, 15) is 4.79 Å². The molecule has 2 aromatic carbocycles. The van der Waals surface area contributed by atoms with Crippen LogP contribution in [0.1, 0.15) is 35.7 Å². The van der Waals surface area contributed by atoms with Gasteiger partial charge in [0.05, 0.1) is 18.9 Å². The number of carbonyl (C=O) groups excluding carboxylic acids is 1. The van der Waals surface area contributed by atoms with Crippen LogP contribution in [0, 0.1) is 0 Å². The summed E-state index contributed by atoms with van der Waals surface area (Å²) in [7, 11) is 1.35. The van der Waals surface area contributed by atoms with Crippen LogP contribution in [0.15, 0.2) is 54.7 Å². The van der Waals surface area contributed by atoms with Gasteiger partial charge in [0.2, 0.25) is 5.95 Å². The Hall–Kier alpha value is -3.48. The molecule has 0 amide bonds. The molecule has 1 heterocycles. The van der Waals surface area contributed by atoms with Crippen LogP contribution in [0.3, 0.4) is 0 Å². The number of para-hydroxylation sites is 1. The predicted molar refractivity (Wildman–Crippen MR) is 105 cm³/mol. The van der Waals surface area contributed by atoms with Crippen molar-refractivity contribution in [2.24, 2.45) is 0 Å². The van der Waals surface area contributed by atoms with Crippen molar-refractivity contribution in [2.45, 2.75) is 19.8 Å².